The topological polar surface area (TPSA) is 71.2 Å². The van der Waals surface area contributed by atoms with E-state index in [2.05, 4.69) is 10.3 Å². The lowest BCUT2D eigenvalue weighted by Crippen LogP contribution is -2.33. The molecule has 0 atom stereocenters. The Labute approximate surface area is 112 Å². The Hall–Kier alpha value is -1.81. The lowest BCUT2D eigenvalue weighted by molar-refractivity contribution is 0.0615. The van der Waals surface area contributed by atoms with Crippen LogP contribution in [0.5, 0.6) is 0 Å². The molecule has 100 valence electrons. The second kappa shape index (κ2) is 4.70. The molecule has 0 radical (unpaired) electrons. The van der Waals surface area contributed by atoms with E-state index in [0.29, 0.717) is 6.54 Å². The van der Waals surface area contributed by atoms with Crippen LogP contribution in [0.3, 0.4) is 0 Å². The predicted octanol–water partition coefficient (Wildman–Crippen LogP) is 2.53. The summed E-state index contributed by atoms with van der Waals surface area (Å²) in [7, 11) is 0. The Kier molecular flexibility index (Phi) is 3.03. The highest BCUT2D eigenvalue weighted by atomic mass is 16.3. The Bertz CT molecular complexity index is 591. The molecular weight excluding hydrogens is 238 g/mol. The molecule has 1 aliphatic carbocycles. The lowest BCUT2D eigenvalue weighted by atomic mass is 10.0. The largest absolute Gasteiger partial charge is 0.397 e. The van der Waals surface area contributed by atoms with E-state index in [4.69, 9.17) is 5.73 Å². The van der Waals surface area contributed by atoms with Gasteiger partial charge in [0.05, 0.1) is 17.0 Å². The van der Waals surface area contributed by atoms with Gasteiger partial charge in [-0.15, -0.1) is 0 Å². The van der Waals surface area contributed by atoms with Crippen LogP contribution in [-0.2, 0) is 0 Å². The number of anilines is 2. The summed E-state index contributed by atoms with van der Waals surface area (Å²) in [5.41, 5.74) is 7.22. The summed E-state index contributed by atoms with van der Waals surface area (Å²) in [5.74, 6) is 0. The van der Waals surface area contributed by atoms with Crippen molar-refractivity contribution in [1.82, 2.24) is 4.98 Å². The second-order valence-electron chi connectivity index (χ2n) is 5.41. The molecule has 0 amide bonds. The number of nitrogen functional groups attached to an aromatic ring is 1. The van der Waals surface area contributed by atoms with Gasteiger partial charge in [-0.05, 0) is 25.0 Å². The molecule has 2 aromatic rings. The molecule has 0 aliphatic heterocycles. The molecule has 1 heterocycles. The number of aliphatic hydroxyl groups is 1. The number of nitrogens with zero attached hydrogens (tertiary/aromatic N) is 1. The summed E-state index contributed by atoms with van der Waals surface area (Å²) in [5, 5.41) is 15.7. The first-order valence-electron chi connectivity index (χ1n) is 6.76. The third-order valence-electron chi connectivity index (χ3n) is 4.00. The fourth-order valence-corrected chi connectivity index (χ4v) is 2.82. The summed E-state index contributed by atoms with van der Waals surface area (Å²) in [4.78, 5) is 4.09. The molecule has 3 rings (SSSR count). The van der Waals surface area contributed by atoms with Crippen LogP contribution in [0.4, 0.5) is 11.4 Å². The molecular formula is C15H19N3O. The van der Waals surface area contributed by atoms with Gasteiger partial charge in [-0.2, -0.15) is 0 Å². The van der Waals surface area contributed by atoms with Crippen molar-refractivity contribution in [3.05, 3.63) is 30.6 Å². The monoisotopic (exact) mass is 257 g/mol. The Morgan fingerprint density at radius 3 is 2.84 bits per heavy atom. The summed E-state index contributed by atoms with van der Waals surface area (Å²) in [6.45, 7) is 0.563. The van der Waals surface area contributed by atoms with Gasteiger partial charge in [0.15, 0.2) is 0 Å². The molecule has 0 bridgehead atoms. The van der Waals surface area contributed by atoms with Gasteiger partial charge >= 0.3 is 0 Å². The van der Waals surface area contributed by atoms with E-state index in [1.807, 2.05) is 18.2 Å². The normalized spacial score (nSPS) is 17.7. The number of fused-ring (bicyclic) bond motifs is 1. The smallest absolute Gasteiger partial charge is 0.0819 e. The molecule has 1 fully saturated rings. The van der Waals surface area contributed by atoms with E-state index in [9.17, 15) is 5.11 Å². The van der Waals surface area contributed by atoms with E-state index in [1.165, 1.54) is 0 Å². The van der Waals surface area contributed by atoms with E-state index in [0.717, 1.165) is 47.8 Å². The SMILES string of the molecule is Nc1c(NCC2(O)CCCC2)ccc2cnccc12. The minimum Gasteiger partial charge on any atom is -0.397 e. The Morgan fingerprint density at radius 1 is 1.26 bits per heavy atom. The number of nitrogens with one attached hydrogen (secondary N) is 1. The number of nitrogens with two attached hydrogens (primary N) is 1. The maximum atomic E-state index is 10.3. The van der Waals surface area contributed by atoms with Crippen LogP contribution >= 0.6 is 0 Å². The highest BCUT2D eigenvalue weighted by molar-refractivity contribution is 5.98. The maximum absolute atomic E-state index is 10.3. The molecule has 4 nitrogen and oxygen atoms in total. The summed E-state index contributed by atoms with van der Waals surface area (Å²) < 4.78 is 0. The van der Waals surface area contributed by atoms with Crippen LogP contribution in [0.25, 0.3) is 10.8 Å². The van der Waals surface area contributed by atoms with E-state index < -0.39 is 5.60 Å². The lowest BCUT2D eigenvalue weighted by Gasteiger charge is -2.23. The van der Waals surface area contributed by atoms with Gasteiger partial charge in [0, 0.05) is 29.7 Å². The standard InChI is InChI=1S/C15H19N3O/c16-14-12-5-8-17-9-11(12)3-4-13(14)18-10-15(19)6-1-2-7-15/h3-5,8-9,18-19H,1-2,6-7,10,16H2. The van der Waals surface area contributed by atoms with Gasteiger partial charge in [0.1, 0.15) is 0 Å². The zero-order valence-electron chi connectivity index (χ0n) is 10.9. The molecule has 19 heavy (non-hydrogen) atoms. The zero-order valence-corrected chi connectivity index (χ0v) is 10.9. The van der Waals surface area contributed by atoms with Crippen molar-refractivity contribution < 1.29 is 5.11 Å². The van der Waals surface area contributed by atoms with Crippen molar-refractivity contribution in [3.63, 3.8) is 0 Å². The summed E-state index contributed by atoms with van der Waals surface area (Å²) in [6, 6.07) is 5.87. The number of pyridine rings is 1. The first-order valence-corrected chi connectivity index (χ1v) is 6.76. The van der Waals surface area contributed by atoms with Crippen molar-refractivity contribution in [2.75, 3.05) is 17.6 Å². The molecule has 1 saturated carbocycles. The van der Waals surface area contributed by atoms with Gasteiger partial charge < -0.3 is 16.2 Å². The van der Waals surface area contributed by atoms with Gasteiger partial charge in [0.25, 0.3) is 0 Å². The number of aromatic nitrogens is 1. The van der Waals surface area contributed by atoms with Crippen LogP contribution in [0.1, 0.15) is 25.7 Å². The van der Waals surface area contributed by atoms with Crippen LogP contribution in [-0.4, -0.2) is 22.2 Å². The maximum Gasteiger partial charge on any atom is 0.0819 e. The van der Waals surface area contributed by atoms with Gasteiger partial charge in [-0.25, -0.2) is 0 Å². The summed E-state index contributed by atoms with van der Waals surface area (Å²) >= 11 is 0. The van der Waals surface area contributed by atoms with Crippen LogP contribution in [0.2, 0.25) is 0 Å². The predicted molar refractivity (Wildman–Crippen MR) is 78.1 cm³/mol. The molecule has 1 aliphatic rings. The zero-order chi connectivity index (χ0) is 13.3. The average molecular weight is 257 g/mol. The van der Waals surface area contributed by atoms with Crippen molar-refractivity contribution in [1.29, 1.82) is 0 Å². The first kappa shape index (κ1) is 12.2. The van der Waals surface area contributed by atoms with Crippen LogP contribution < -0.4 is 11.1 Å². The quantitative estimate of drug-likeness (QED) is 0.739. The fraction of sp³-hybridized carbons (Fsp3) is 0.400. The van der Waals surface area contributed by atoms with Gasteiger partial charge in [0.2, 0.25) is 0 Å². The molecule has 0 saturated heterocycles. The third-order valence-corrected chi connectivity index (χ3v) is 4.00. The van der Waals surface area contributed by atoms with Crippen LogP contribution in [0, 0.1) is 0 Å². The third kappa shape index (κ3) is 2.36. The van der Waals surface area contributed by atoms with E-state index in [1.54, 1.807) is 12.4 Å². The molecule has 1 aromatic heterocycles. The number of hydrogen-bond acceptors (Lipinski definition) is 4. The number of benzene rings is 1. The summed E-state index contributed by atoms with van der Waals surface area (Å²) in [6.07, 6.45) is 7.51. The molecule has 4 N–H and O–H groups in total. The van der Waals surface area contributed by atoms with Crippen molar-refractivity contribution in [2.45, 2.75) is 31.3 Å². The van der Waals surface area contributed by atoms with E-state index >= 15 is 0 Å². The van der Waals surface area contributed by atoms with Crippen molar-refractivity contribution >= 4 is 22.1 Å². The van der Waals surface area contributed by atoms with Gasteiger partial charge in [-0.1, -0.05) is 18.9 Å². The first-order chi connectivity index (χ1) is 9.18. The molecule has 1 aromatic carbocycles. The van der Waals surface area contributed by atoms with Crippen molar-refractivity contribution in [3.8, 4) is 0 Å². The molecule has 4 heteroatoms. The second-order valence-corrected chi connectivity index (χ2v) is 5.41. The molecule has 0 unspecified atom stereocenters. The minimum atomic E-state index is -0.570. The highest BCUT2D eigenvalue weighted by Crippen LogP contribution is 2.32. The Balaban J connectivity index is 1.83. The average Bonchev–Trinajstić information content (AvgIpc) is 2.86. The van der Waals surface area contributed by atoms with E-state index in [-0.39, 0.29) is 0 Å². The highest BCUT2D eigenvalue weighted by Gasteiger charge is 2.30. The van der Waals surface area contributed by atoms with Gasteiger partial charge in [-0.3, -0.25) is 4.98 Å². The number of rotatable bonds is 3. The minimum absolute atomic E-state index is 0.563. The Morgan fingerprint density at radius 2 is 2.05 bits per heavy atom. The fourth-order valence-electron chi connectivity index (χ4n) is 2.82. The van der Waals surface area contributed by atoms with Crippen molar-refractivity contribution in [2.24, 2.45) is 0 Å². The van der Waals surface area contributed by atoms with Crippen LogP contribution in [0.15, 0.2) is 30.6 Å². The molecule has 0 spiro atoms. The number of hydrogen-bond donors (Lipinski definition) is 3.